The minimum absolute atomic E-state index is 0.137. The van der Waals surface area contributed by atoms with Gasteiger partial charge >= 0.3 is 5.97 Å². The number of amides is 2. The second-order valence-corrected chi connectivity index (χ2v) is 8.82. The normalized spacial score (nSPS) is 27.8. The lowest BCUT2D eigenvalue weighted by molar-refractivity contribution is -0.150. The lowest BCUT2D eigenvalue weighted by Gasteiger charge is -2.16. The second-order valence-electron chi connectivity index (χ2n) is 7.56. The molecule has 4 rings (SSSR count). The maximum atomic E-state index is 12.7. The molecule has 158 valence electrons. The highest BCUT2D eigenvalue weighted by Crippen LogP contribution is 2.52. The Bertz CT molecular complexity index is 925. The highest BCUT2D eigenvalue weighted by molar-refractivity contribution is 9.10. The molecule has 1 aromatic carbocycles. The zero-order valence-electron chi connectivity index (χ0n) is 16.4. The van der Waals surface area contributed by atoms with Crippen molar-refractivity contribution in [1.29, 1.82) is 0 Å². The van der Waals surface area contributed by atoms with Gasteiger partial charge in [0.1, 0.15) is 0 Å². The average molecular weight is 496 g/mol. The number of hydrazone groups is 1. The van der Waals surface area contributed by atoms with E-state index < -0.39 is 12.1 Å². The van der Waals surface area contributed by atoms with Crippen molar-refractivity contribution in [2.24, 2.45) is 28.8 Å². The Morgan fingerprint density at radius 2 is 1.93 bits per heavy atom. The third-order valence-electron chi connectivity index (χ3n) is 5.70. The molecule has 0 aromatic heterocycles. The number of fused-ring (bicyclic) bond motifs is 5. The van der Waals surface area contributed by atoms with Crippen LogP contribution in [0.4, 0.5) is 0 Å². The molecule has 0 radical (unpaired) electrons. The molecule has 5 atom stereocenters. The molecule has 1 aromatic rings. The summed E-state index contributed by atoms with van der Waals surface area (Å²) in [6.45, 7) is 3.54. The molecular weight excluding hydrogens is 476 g/mol. The van der Waals surface area contributed by atoms with E-state index in [4.69, 9.17) is 21.1 Å². The van der Waals surface area contributed by atoms with Crippen molar-refractivity contribution < 1.29 is 23.9 Å². The van der Waals surface area contributed by atoms with E-state index in [9.17, 15) is 14.4 Å². The van der Waals surface area contributed by atoms with Crippen LogP contribution < -0.4 is 4.74 Å². The predicted molar refractivity (Wildman–Crippen MR) is 113 cm³/mol. The van der Waals surface area contributed by atoms with Gasteiger partial charge in [-0.2, -0.15) is 10.1 Å². The zero-order valence-corrected chi connectivity index (χ0v) is 18.7. The summed E-state index contributed by atoms with van der Waals surface area (Å²) in [6.07, 6.45) is 5.54. The van der Waals surface area contributed by atoms with Crippen molar-refractivity contribution in [1.82, 2.24) is 5.01 Å². The van der Waals surface area contributed by atoms with Crippen molar-refractivity contribution in [2.75, 3.05) is 6.61 Å². The number of carbonyl (C=O) groups excluding carboxylic acids is 3. The standard InChI is InChI=1S/C21H20BrClN2O5/c1-3-29-21(28)10(2)30-18-14(22)6-11(7-15(18)23)9-24-25-19(26)16-12-4-5-13(8-12)17(16)20(25)27/h4-7,9-10,12-13,16-17H,3,8H2,1-2H3/t10-,12-,13-,16-,17+/m0/s1. The van der Waals surface area contributed by atoms with Crippen LogP contribution in [0.2, 0.25) is 5.02 Å². The van der Waals surface area contributed by atoms with Gasteiger partial charge in [0.05, 0.1) is 34.2 Å². The van der Waals surface area contributed by atoms with Crippen LogP contribution in [0.5, 0.6) is 5.75 Å². The molecule has 2 bridgehead atoms. The van der Waals surface area contributed by atoms with Crippen LogP contribution in [0.1, 0.15) is 25.8 Å². The molecule has 3 aliphatic rings. The molecule has 2 fully saturated rings. The molecule has 2 aliphatic carbocycles. The highest BCUT2D eigenvalue weighted by atomic mass is 79.9. The topological polar surface area (TPSA) is 85.3 Å². The first kappa shape index (κ1) is 21.1. The Balaban J connectivity index is 1.49. The van der Waals surface area contributed by atoms with Gasteiger partial charge in [0, 0.05) is 0 Å². The summed E-state index contributed by atoms with van der Waals surface area (Å²) in [5, 5.41) is 5.38. The van der Waals surface area contributed by atoms with Gasteiger partial charge in [-0.25, -0.2) is 4.79 Å². The summed E-state index contributed by atoms with van der Waals surface area (Å²) in [7, 11) is 0. The largest absolute Gasteiger partial charge is 0.476 e. The summed E-state index contributed by atoms with van der Waals surface area (Å²) < 4.78 is 11.0. The minimum Gasteiger partial charge on any atom is -0.476 e. The number of rotatable bonds is 6. The number of nitrogens with zero attached hydrogens (tertiary/aromatic N) is 2. The fourth-order valence-corrected chi connectivity index (χ4v) is 5.33. The first-order chi connectivity index (χ1) is 14.3. The van der Waals surface area contributed by atoms with Gasteiger partial charge in [0.25, 0.3) is 11.8 Å². The number of esters is 1. The second kappa shape index (κ2) is 8.15. The molecule has 9 heteroatoms. The molecule has 0 spiro atoms. The summed E-state index contributed by atoms with van der Waals surface area (Å²) >= 11 is 9.69. The van der Waals surface area contributed by atoms with E-state index in [1.54, 1.807) is 26.0 Å². The van der Waals surface area contributed by atoms with Crippen molar-refractivity contribution in [3.05, 3.63) is 39.3 Å². The minimum atomic E-state index is -0.832. The van der Waals surface area contributed by atoms with Crippen LogP contribution >= 0.6 is 27.5 Å². The monoisotopic (exact) mass is 494 g/mol. The van der Waals surface area contributed by atoms with E-state index in [1.165, 1.54) is 6.21 Å². The Hall–Kier alpha value is -2.19. The van der Waals surface area contributed by atoms with E-state index in [2.05, 4.69) is 21.0 Å². The van der Waals surface area contributed by atoms with Crippen LogP contribution in [0, 0.1) is 23.7 Å². The van der Waals surface area contributed by atoms with Crippen LogP contribution in [-0.2, 0) is 19.1 Å². The molecule has 1 aliphatic heterocycles. The van der Waals surface area contributed by atoms with E-state index in [0.717, 1.165) is 11.4 Å². The lowest BCUT2D eigenvalue weighted by atomic mass is 9.85. The quantitative estimate of drug-likeness (QED) is 0.261. The van der Waals surface area contributed by atoms with Gasteiger partial charge in [0.15, 0.2) is 11.9 Å². The molecule has 0 N–H and O–H groups in total. The number of hydrogen-bond acceptors (Lipinski definition) is 6. The highest BCUT2D eigenvalue weighted by Gasteiger charge is 2.59. The molecule has 7 nitrogen and oxygen atoms in total. The maximum absolute atomic E-state index is 12.7. The van der Waals surface area contributed by atoms with Gasteiger partial charge in [-0.05, 0) is 65.7 Å². The number of benzene rings is 1. The number of imide groups is 1. The fourth-order valence-electron chi connectivity index (χ4n) is 4.38. The number of ether oxygens (including phenoxy) is 2. The fraction of sp³-hybridized carbons (Fsp3) is 0.429. The Labute approximate surface area is 187 Å². The number of allylic oxidation sites excluding steroid dienone is 2. The predicted octanol–water partition coefficient (Wildman–Crippen LogP) is 3.57. The molecule has 1 saturated heterocycles. The SMILES string of the molecule is CCOC(=O)[C@H](C)Oc1c(Cl)cc(C=NN2C(=O)[C@@H]3[C@H](C2=O)[C@H]2C=C[C@H]3C2)cc1Br. The van der Waals surface area contributed by atoms with Crippen molar-refractivity contribution >= 4 is 51.5 Å². The molecular formula is C21H20BrClN2O5. The van der Waals surface area contributed by atoms with Gasteiger partial charge in [-0.1, -0.05) is 23.8 Å². The lowest BCUT2D eigenvalue weighted by Crippen LogP contribution is -2.28. The molecule has 1 saturated carbocycles. The van der Waals surface area contributed by atoms with Gasteiger partial charge in [0.2, 0.25) is 0 Å². The van der Waals surface area contributed by atoms with Crippen LogP contribution in [0.15, 0.2) is 33.9 Å². The zero-order chi connectivity index (χ0) is 21.6. The van der Waals surface area contributed by atoms with E-state index >= 15 is 0 Å². The third-order valence-corrected chi connectivity index (χ3v) is 6.57. The number of hydrogen-bond donors (Lipinski definition) is 0. The van der Waals surface area contributed by atoms with Crippen LogP contribution in [0.25, 0.3) is 0 Å². The van der Waals surface area contributed by atoms with Gasteiger partial charge in [-0.15, -0.1) is 0 Å². The van der Waals surface area contributed by atoms with Gasteiger partial charge in [-0.3, -0.25) is 9.59 Å². The maximum Gasteiger partial charge on any atom is 0.347 e. The number of carbonyl (C=O) groups is 3. The summed E-state index contributed by atoms with van der Waals surface area (Å²) in [6, 6.07) is 3.26. The number of halogens is 2. The van der Waals surface area contributed by atoms with E-state index in [-0.39, 0.29) is 47.1 Å². The average Bonchev–Trinajstić information content (AvgIpc) is 3.37. The summed E-state index contributed by atoms with van der Waals surface area (Å²) in [5.41, 5.74) is 0.571. The smallest absolute Gasteiger partial charge is 0.347 e. The van der Waals surface area contributed by atoms with E-state index in [0.29, 0.717) is 15.8 Å². The molecule has 30 heavy (non-hydrogen) atoms. The van der Waals surface area contributed by atoms with Crippen LogP contribution in [0.3, 0.4) is 0 Å². The van der Waals surface area contributed by atoms with Gasteiger partial charge < -0.3 is 9.47 Å². The first-order valence-electron chi connectivity index (χ1n) is 9.74. The Kier molecular flexibility index (Phi) is 5.72. The Morgan fingerprint density at radius 3 is 2.50 bits per heavy atom. The van der Waals surface area contributed by atoms with Crippen molar-refractivity contribution in [3.63, 3.8) is 0 Å². The summed E-state index contributed by atoms with van der Waals surface area (Å²) in [4.78, 5) is 37.2. The third kappa shape index (κ3) is 3.56. The molecule has 0 unspecified atom stereocenters. The van der Waals surface area contributed by atoms with Crippen LogP contribution in [-0.4, -0.2) is 41.7 Å². The van der Waals surface area contributed by atoms with Crippen molar-refractivity contribution in [2.45, 2.75) is 26.4 Å². The van der Waals surface area contributed by atoms with Crippen molar-refractivity contribution in [3.8, 4) is 5.75 Å². The van der Waals surface area contributed by atoms with E-state index in [1.807, 2.05) is 12.2 Å². The molecule has 2 amide bonds. The first-order valence-corrected chi connectivity index (χ1v) is 10.9. The molecule has 1 heterocycles. The Morgan fingerprint density at radius 1 is 1.30 bits per heavy atom. The summed E-state index contributed by atoms with van der Waals surface area (Å²) in [5.74, 6) is -1.000.